The van der Waals surface area contributed by atoms with Gasteiger partial charge in [-0.3, -0.25) is 0 Å². The Bertz CT molecular complexity index is 487. The van der Waals surface area contributed by atoms with Crippen LogP contribution in [-0.4, -0.2) is 28.3 Å². The molecule has 1 aromatic rings. The highest BCUT2D eigenvalue weighted by atomic mass is 28.4. The summed E-state index contributed by atoms with van der Waals surface area (Å²) in [6, 6.07) is 5.33. The Morgan fingerprint density at radius 2 is 1.65 bits per heavy atom. The van der Waals surface area contributed by atoms with Crippen LogP contribution in [0, 0.1) is 5.82 Å². The zero-order valence-corrected chi connectivity index (χ0v) is 17.1. The minimum Gasteiger partial charge on any atom is -0.505 e. The topological polar surface area (TPSA) is 38.7 Å². The van der Waals surface area contributed by atoms with Crippen LogP contribution in [0.15, 0.2) is 18.2 Å². The van der Waals surface area contributed by atoms with Crippen LogP contribution in [0.3, 0.4) is 0 Å². The molecule has 0 heterocycles. The van der Waals surface area contributed by atoms with Gasteiger partial charge in [-0.05, 0) is 57.3 Å². The molecular formula is C17H31FO3Si2. The van der Waals surface area contributed by atoms with Crippen LogP contribution >= 0.6 is 0 Å². The zero-order valence-electron chi connectivity index (χ0n) is 15.1. The summed E-state index contributed by atoms with van der Waals surface area (Å²) < 4.78 is 25.0. The molecule has 0 saturated heterocycles. The first kappa shape index (κ1) is 20.2. The van der Waals surface area contributed by atoms with E-state index in [1.54, 1.807) is 6.07 Å². The van der Waals surface area contributed by atoms with Crippen molar-refractivity contribution in [2.24, 2.45) is 0 Å². The summed E-state index contributed by atoms with van der Waals surface area (Å²) in [4.78, 5) is 0. The third-order valence-electron chi connectivity index (χ3n) is 3.44. The number of benzene rings is 1. The fourth-order valence-corrected chi connectivity index (χ4v) is 10.8. The van der Waals surface area contributed by atoms with Crippen molar-refractivity contribution in [2.75, 3.05) is 6.61 Å². The Labute approximate surface area is 142 Å². The Morgan fingerprint density at radius 1 is 1.00 bits per heavy atom. The van der Waals surface area contributed by atoms with E-state index in [0.717, 1.165) is 12.8 Å². The number of hydrogen-bond donors (Lipinski definition) is 1. The quantitative estimate of drug-likeness (QED) is 0.441. The minimum absolute atomic E-state index is 0.343. The summed E-state index contributed by atoms with van der Waals surface area (Å²) in [5.41, 5.74) is 0. The molecule has 0 aliphatic rings. The first-order valence-corrected chi connectivity index (χ1v) is 14.9. The van der Waals surface area contributed by atoms with E-state index in [4.69, 9.17) is 14.0 Å². The molecule has 1 aromatic carbocycles. The van der Waals surface area contributed by atoms with Gasteiger partial charge in [0.25, 0.3) is 0 Å². The minimum atomic E-state index is -1.51. The molecule has 0 aliphatic carbocycles. The molecule has 1 rings (SSSR count). The number of hydrogen-bond acceptors (Lipinski definition) is 3. The van der Waals surface area contributed by atoms with Crippen LogP contribution in [0.4, 0.5) is 4.39 Å². The molecule has 132 valence electrons. The second kappa shape index (κ2) is 8.85. The summed E-state index contributed by atoms with van der Waals surface area (Å²) in [6.07, 6.45) is 4.45. The first-order valence-electron chi connectivity index (χ1n) is 8.41. The average Bonchev–Trinajstić information content (AvgIpc) is 2.39. The molecule has 0 fully saturated rings. The van der Waals surface area contributed by atoms with Crippen LogP contribution < -0.4 is 4.74 Å². The monoisotopic (exact) mass is 358 g/mol. The molecule has 0 radical (unpaired) electrons. The molecule has 0 bridgehead atoms. The van der Waals surface area contributed by atoms with Crippen molar-refractivity contribution in [3.63, 3.8) is 0 Å². The summed E-state index contributed by atoms with van der Waals surface area (Å²) >= 11 is 0. The number of halogens is 1. The molecule has 3 nitrogen and oxygen atoms in total. The van der Waals surface area contributed by atoms with Gasteiger partial charge in [0.1, 0.15) is 5.75 Å². The van der Waals surface area contributed by atoms with Gasteiger partial charge >= 0.3 is 0 Å². The molecule has 0 atom stereocenters. The van der Waals surface area contributed by atoms with Crippen LogP contribution in [0.2, 0.25) is 38.8 Å². The van der Waals surface area contributed by atoms with Gasteiger partial charge in [-0.15, -0.1) is 0 Å². The molecule has 0 spiro atoms. The fourth-order valence-electron chi connectivity index (χ4n) is 2.65. The Balaban J connectivity index is 2.12. The Morgan fingerprint density at radius 3 is 2.26 bits per heavy atom. The third kappa shape index (κ3) is 9.12. The normalized spacial score (nSPS) is 12.4. The maximum atomic E-state index is 13.1. The van der Waals surface area contributed by atoms with Crippen LogP contribution in [0.1, 0.15) is 25.7 Å². The lowest BCUT2D eigenvalue weighted by atomic mass is 10.2. The molecule has 0 unspecified atom stereocenters. The van der Waals surface area contributed by atoms with Crippen molar-refractivity contribution in [1.82, 2.24) is 0 Å². The maximum Gasteiger partial charge on any atom is 0.173 e. The highest BCUT2D eigenvalue weighted by Gasteiger charge is 2.28. The van der Waals surface area contributed by atoms with E-state index in [0.29, 0.717) is 12.4 Å². The van der Waals surface area contributed by atoms with E-state index in [1.807, 2.05) is 0 Å². The van der Waals surface area contributed by atoms with Gasteiger partial charge in [0.05, 0.1) is 6.61 Å². The lowest BCUT2D eigenvalue weighted by Crippen LogP contribution is -2.42. The molecule has 0 amide bonds. The van der Waals surface area contributed by atoms with Crippen molar-refractivity contribution in [1.29, 1.82) is 0 Å². The van der Waals surface area contributed by atoms with Gasteiger partial charge in [0, 0.05) is 6.07 Å². The van der Waals surface area contributed by atoms with Gasteiger partial charge < -0.3 is 14.0 Å². The van der Waals surface area contributed by atoms with E-state index in [2.05, 4.69) is 32.7 Å². The molecule has 1 N–H and O–H groups in total. The van der Waals surface area contributed by atoms with E-state index in [9.17, 15) is 4.39 Å². The molecule has 0 aliphatic heterocycles. The van der Waals surface area contributed by atoms with Gasteiger partial charge in [0.2, 0.25) is 0 Å². The lowest BCUT2D eigenvalue weighted by molar-refractivity contribution is 0.302. The average molecular weight is 359 g/mol. The predicted octanol–water partition coefficient (Wildman–Crippen LogP) is 5.53. The summed E-state index contributed by atoms with van der Waals surface area (Å²) in [6.45, 7) is 12.0. The predicted molar refractivity (Wildman–Crippen MR) is 98.7 cm³/mol. The lowest BCUT2D eigenvalue weighted by Gasteiger charge is -2.31. The van der Waals surface area contributed by atoms with Crippen molar-refractivity contribution in [3.8, 4) is 11.5 Å². The van der Waals surface area contributed by atoms with Crippen molar-refractivity contribution >= 4 is 16.6 Å². The number of rotatable bonds is 10. The number of ether oxygens (including phenoxy) is 1. The number of unbranched alkanes of at least 4 members (excludes halogenated alkanes) is 3. The van der Waals surface area contributed by atoms with Gasteiger partial charge in [-0.2, -0.15) is 0 Å². The van der Waals surface area contributed by atoms with Gasteiger partial charge in [0.15, 0.2) is 28.2 Å². The third-order valence-corrected chi connectivity index (χ3v) is 9.66. The second-order valence-electron chi connectivity index (χ2n) is 7.60. The van der Waals surface area contributed by atoms with E-state index in [1.165, 1.54) is 31.0 Å². The molecule has 0 aromatic heterocycles. The van der Waals surface area contributed by atoms with E-state index < -0.39 is 22.5 Å². The number of aromatic hydroxyl groups is 1. The smallest absolute Gasteiger partial charge is 0.173 e. The summed E-state index contributed by atoms with van der Waals surface area (Å²) in [7, 11) is -2.93. The maximum absolute atomic E-state index is 13.1. The van der Waals surface area contributed by atoms with Gasteiger partial charge in [-0.25, -0.2) is 4.39 Å². The largest absolute Gasteiger partial charge is 0.505 e. The highest BCUT2D eigenvalue weighted by molar-refractivity contribution is 6.84. The fraction of sp³-hybridized carbons (Fsp3) is 0.647. The molecule has 6 heteroatoms. The standard InChI is InChI=1S/C17H31FO3Si2/c1-22(2,3)21-23(4,5)13-9-7-6-8-12-20-15-10-11-17(19)16(18)14-15/h10-11,14,19H,6-9,12-13H2,1-5H3. The highest BCUT2D eigenvalue weighted by Crippen LogP contribution is 2.22. The first-order chi connectivity index (χ1) is 10.6. The van der Waals surface area contributed by atoms with E-state index >= 15 is 0 Å². The molecular weight excluding hydrogens is 327 g/mol. The Kier molecular flexibility index (Phi) is 7.76. The van der Waals surface area contributed by atoms with Crippen LogP contribution in [-0.2, 0) is 4.12 Å². The van der Waals surface area contributed by atoms with Crippen molar-refractivity contribution in [3.05, 3.63) is 24.0 Å². The van der Waals surface area contributed by atoms with Crippen LogP contribution in [0.5, 0.6) is 11.5 Å². The number of phenolic OH excluding ortho intramolecular Hbond substituents is 1. The van der Waals surface area contributed by atoms with Gasteiger partial charge in [-0.1, -0.05) is 19.3 Å². The summed E-state index contributed by atoms with van der Waals surface area (Å²) in [5, 5.41) is 9.11. The number of phenols is 1. The Hall–Kier alpha value is -0.856. The SMILES string of the molecule is C[Si](C)(C)O[Si](C)(C)CCCCCCOc1ccc(O)c(F)c1. The van der Waals surface area contributed by atoms with Crippen molar-refractivity contribution < 1.29 is 18.3 Å². The van der Waals surface area contributed by atoms with Crippen molar-refractivity contribution in [2.45, 2.75) is 64.5 Å². The molecule has 0 saturated carbocycles. The second-order valence-corrected chi connectivity index (χ2v) is 16.7. The summed E-state index contributed by atoms with van der Waals surface area (Å²) in [5.74, 6) is -0.515. The van der Waals surface area contributed by atoms with E-state index in [-0.39, 0.29) is 5.75 Å². The van der Waals surface area contributed by atoms with Crippen LogP contribution in [0.25, 0.3) is 0 Å². The zero-order chi connectivity index (χ0) is 17.5. The molecule has 23 heavy (non-hydrogen) atoms.